The van der Waals surface area contributed by atoms with Crippen LogP contribution in [-0.2, 0) is 11.3 Å². The van der Waals surface area contributed by atoms with Gasteiger partial charge < -0.3 is 10.5 Å². The van der Waals surface area contributed by atoms with Gasteiger partial charge in [-0.1, -0.05) is 30.3 Å². The Balaban J connectivity index is 1.83. The standard InChI is InChI=1S/C12H16N2O2/c13-9-14(11-6-7-11)12(15)16-8-10-4-2-1-3-5-10/h1-5,11H,6-9,13H2. The van der Waals surface area contributed by atoms with Crippen molar-refractivity contribution < 1.29 is 9.53 Å². The molecule has 2 N–H and O–H groups in total. The van der Waals surface area contributed by atoms with Crippen LogP contribution in [0.3, 0.4) is 0 Å². The van der Waals surface area contributed by atoms with Crippen molar-refractivity contribution in [1.29, 1.82) is 0 Å². The number of hydrogen-bond donors (Lipinski definition) is 1. The van der Waals surface area contributed by atoms with Gasteiger partial charge in [0.05, 0.1) is 6.67 Å². The summed E-state index contributed by atoms with van der Waals surface area (Å²) in [6.45, 7) is 0.543. The third kappa shape index (κ3) is 2.73. The van der Waals surface area contributed by atoms with Crippen molar-refractivity contribution in [2.75, 3.05) is 6.67 Å². The van der Waals surface area contributed by atoms with Crippen LogP contribution in [0, 0.1) is 0 Å². The van der Waals surface area contributed by atoms with Gasteiger partial charge in [-0.3, -0.25) is 4.90 Å². The lowest BCUT2D eigenvalue weighted by Crippen LogP contribution is -2.38. The molecule has 0 spiro atoms. The minimum atomic E-state index is -0.311. The number of hydrogen-bond acceptors (Lipinski definition) is 3. The molecule has 0 bridgehead atoms. The number of amides is 1. The monoisotopic (exact) mass is 220 g/mol. The number of benzene rings is 1. The Labute approximate surface area is 95.0 Å². The lowest BCUT2D eigenvalue weighted by Gasteiger charge is -2.19. The van der Waals surface area contributed by atoms with Gasteiger partial charge in [0.15, 0.2) is 0 Å². The SMILES string of the molecule is NCN(C(=O)OCc1ccccc1)C1CC1. The molecule has 0 radical (unpaired) electrons. The first-order valence-corrected chi connectivity index (χ1v) is 5.48. The average molecular weight is 220 g/mol. The highest BCUT2D eigenvalue weighted by Crippen LogP contribution is 2.26. The van der Waals surface area contributed by atoms with Crippen molar-refractivity contribution in [3.8, 4) is 0 Å². The molecule has 1 amide bonds. The maximum atomic E-state index is 11.7. The van der Waals surface area contributed by atoms with Crippen molar-refractivity contribution >= 4 is 6.09 Å². The van der Waals surface area contributed by atoms with Gasteiger partial charge in [-0.15, -0.1) is 0 Å². The predicted molar refractivity (Wildman–Crippen MR) is 60.5 cm³/mol. The van der Waals surface area contributed by atoms with Crippen molar-refractivity contribution in [2.45, 2.75) is 25.5 Å². The Bertz CT molecular complexity index is 349. The predicted octanol–water partition coefficient (Wildman–Crippen LogP) is 1.70. The largest absolute Gasteiger partial charge is 0.445 e. The molecule has 1 aliphatic carbocycles. The van der Waals surface area contributed by atoms with Gasteiger partial charge in [0.1, 0.15) is 6.61 Å². The molecule has 0 atom stereocenters. The first-order chi connectivity index (χ1) is 7.81. The normalized spacial score (nSPS) is 14.6. The van der Waals surface area contributed by atoms with E-state index in [1.54, 1.807) is 4.90 Å². The lowest BCUT2D eigenvalue weighted by molar-refractivity contribution is 0.0945. The molecule has 4 nitrogen and oxygen atoms in total. The topological polar surface area (TPSA) is 55.6 Å². The molecule has 16 heavy (non-hydrogen) atoms. The number of carbonyl (C=O) groups excluding carboxylic acids is 1. The highest BCUT2D eigenvalue weighted by molar-refractivity contribution is 5.68. The number of nitrogens with two attached hydrogens (primary N) is 1. The van der Waals surface area contributed by atoms with Crippen LogP contribution in [0.2, 0.25) is 0 Å². The van der Waals surface area contributed by atoms with E-state index in [2.05, 4.69) is 0 Å². The Kier molecular flexibility index (Phi) is 3.41. The first kappa shape index (κ1) is 11.0. The molecule has 0 saturated heterocycles. The van der Waals surface area contributed by atoms with E-state index < -0.39 is 0 Å². The number of rotatable bonds is 4. The van der Waals surface area contributed by atoms with Crippen LogP contribution in [0.15, 0.2) is 30.3 Å². The van der Waals surface area contributed by atoms with E-state index in [0.29, 0.717) is 12.6 Å². The van der Waals surface area contributed by atoms with E-state index in [-0.39, 0.29) is 12.8 Å². The fourth-order valence-corrected chi connectivity index (χ4v) is 1.56. The van der Waals surface area contributed by atoms with Crippen molar-refractivity contribution in [1.82, 2.24) is 4.90 Å². The molecule has 0 unspecified atom stereocenters. The highest BCUT2D eigenvalue weighted by Gasteiger charge is 2.32. The molecule has 4 heteroatoms. The molecule has 1 aliphatic rings. The van der Waals surface area contributed by atoms with Gasteiger partial charge in [-0.25, -0.2) is 4.79 Å². The second-order valence-corrected chi connectivity index (χ2v) is 3.92. The summed E-state index contributed by atoms with van der Waals surface area (Å²) in [4.78, 5) is 13.2. The molecular weight excluding hydrogens is 204 g/mol. The minimum Gasteiger partial charge on any atom is -0.445 e. The molecule has 86 valence electrons. The molecule has 1 aromatic carbocycles. The molecule has 0 aromatic heterocycles. The van der Waals surface area contributed by atoms with E-state index >= 15 is 0 Å². The van der Waals surface area contributed by atoms with Crippen LogP contribution in [-0.4, -0.2) is 23.7 Å². The fraction of sp³-hybridized carbons (Fsp3) is 0.417. The summed E-state index contributed by atoms with van der Waals surface area (Å²) in [6, 6.07) is 9.93. The highest BCUT2D eigenvalue weighted by atomic mass is 16.6. The Morgan fingerprint density at radius 3 is 2.62 bits per heavy atom. The van der Waals surface area contributed by atoms with Crippen LogP contribution < -0.4 is 5.73 Å². The molecule has 0 heterocycles. The molecule has 1 saturated carbocycles. The molecular formula is C12H16N2O2. The van der Waals surface area contributed by atoms with Crippen molar-refractivity contribution in [2.24, 2.45) is 5.73 Å². The van der Waals surface area contributed by atoms with Gasteiger partial charge in [0.25, 0.3) is 0 Å². The third-order valence-corrected chi connectivity index (χ3v) is 2.62. The van der Waals surface area contributed by atoms with E-state index in [4.69, 9.17) is 10.5 Å². The third-order valence-electron chi connectivity index (χ3n) is 2.62. The zero-order chi connectivity index (χ0) is 11.4. The minimum absolute atomic E-state index is 0.234. The number of nitrogens with zero attached hydrogens (tertiary/aromatic N) is 1. The summed E-state index contributed by atoms with van der Waals surface area (Å²) in [5, 5.41) is 0. The number of carbonyl (C=O) groups is 1. The van der Waals surface area contributed by atoms with Gasteiger partial charge >= 0.3 is 6.09 Å². The lowest BCUT2D eigenvalue weighted by atomic mass is 10.2. The summed E-state index contributed by atoms with van der Waals surface area (Å²) in [5.74, 6) is 0. The van der Waals surface area contributed by atoms with Gasteiger partial charge in [0.2, 0.25) is 0 Å². The summed E-state index contributed by atoms with van der Waals surface area (Å²) < 4.78 is 5.19. The van der Waals surface area contributed by atoms with Crippen LogP contribution >= 0.6 is 0 Å². The van der Waals surface area contributed by atoms with Gasteiger partial charge in [-0.05, 0) is 18.4 Å². The first-order valence-electron chi connectivity index (χ1n) is 5.48. The number of ether oxygens (including phenoxy) is 1. The van der Waals surface area contributed by atoms with E-state index in [9.17, 15) is 4.79 Å². The summed E-state index contributed by atoms with van der Waals surface area (Å²) in [5.41, 5.74) is 6.50. The maximum absolute atomic E-state index is 11.7. The van der Waals surface area contributed by atoms with Gasteiger partial charge in [-0.2, -0.15) is 0 Å². The van der Waals surface area contributed by atoms with Crippen molar-refractivity contribution in [3.63, 3.8) is 0 Å². The fourth-order valence-electron chi connectivity index (χ4n) is 1.56. The van der Waals surface area contributed by atoms with E-state index in [1.807, 2.05) is 30.3 Å². The molecule has 1 aromatic rings. The Morgan fingerprint density at radius 1 is 1.38 bits per heavy atom. The van der Waals surface area contributed by atoms with Crippen LogP contribution in [0.5, 0.6) is 0 Å². The maximum Gasteiger partial charge on any atom is 0.411 e. The summed E-state index contributed by atoms with van der Waals surface area (Å²) in [7, 11) is 0. The van der Waals surface area contributed by atoms with E-state index in [0.717, 1.165) is 18.4 Å². The zero-order valence-corrected chi connectivity index (χ0v) is 9.13. The Hall–Kier alpha value is -1.55. The summed E-state index contributed by atoms with van der Waals surface area (Å²) in [6.07, 6.45) is 1.77. The van der Waals surface area contributed by atoms with Crippen molar-refractivity contribution in [3.05, 3.63) is 35.9 Å². The quantitative estimate of drug-likeness (QED) is 0.786. The summed E-state index contributed by atoms with van der Waals surface area (Å²) >= 11 is 0. The van der Waals surface area contributed by atoms with E-state index in [1.165, 1.54) is 0 Å². The Morgan fingerprint density at radius 2 is 2.06 bits per heavy atom. The van der Waals surface area contributed by atoms with Crippen LogP contribution in [0.4, 0.5) is 4.79 Å². The second-order valence-electron chi connectivity index (χ2n) is 3.92. The second kappa shape index (κ2) is 4.99. The smallest absolute Gasteiger partial charge is 0.411 e. The molecule has 0 aliphatic heterocycles. The average Bonchev–Trinajstić information content (AvgIpc) is 3.13. The van der Waals surface area contributed by atoms with Gasteiger partial charge in [0, 0.05) is 6.04 Å². The van der Waals surface area contributed by atoms with Crippen LogP contribution in [0.1, 0.15) is 18.4 Å². The zero-order valence-electron chi connectivity index (χ0n) is 9.13. The molecule has 1 fully saturated rings. The molecule has 2 rings (SSSR count). The van der Waals surface area contributed by atoms with Crippen LogP contribution in [0.25, 0.3) is 0 Å².